The molecule has 1 aromatic rings. The van der Waals surface area contributed by atoms with Crippen molar-refractivity contribution in [1.29, 1.82) is 0 Å². The minimum atomic E-state index is -0.305. The highest BCUT2D eigenvalue weighted by molar-refractivity contribution is 5.92. The van der Waals surface area contributed by atoms with Crippen molar-refractivity contribution in [2.75, 3.05) is 11.4 Å². The lowest BCUT2D eigenvalue weighted by Gasteiger charge is -2.27. The van der Waals surface area contributed by atoms with Gasteiger partial charge in [0.15, 0.2) is 0 Å². The van der Waals surface area contributed by atoms with E-state index in [1.54, 1.807) is 17.0 Å². The first-order valence-corrected chi connectivity index (χ1v) is 5.69. The predicted octanol–water partition coefficient (Wildman–Crippen LogP) is 3.16. The normalized spacial score (nSPS) is 11.1. The number of hydrogen-bond donors (Lipinski definition) is 1. The summed E-state index contributed by atoms with van der Waals surface area (Å²) in [5.41, 5.74) is 0.403. The van der Waals surface area contributed by atoms with E-state index in [2.05, 4.69) is 5.32 Å². The van der Waals surface area contributed by atoms with E-state index in [9.17, 15) is 9.18 Å². The molecule has 0 aromatic heterocycles. The number of nitrogens with one attached hydrogen (secondary N) is 1. The van der Waals surface area contributed by atoms with Gasteiger partial charge in [0, 0.05) is 17.8 Å². The standard InChI is InChI=1S/C13H19FN2O/c1-5-16(12(17)15-13(2,3)4)11-8-6-10(14)7-9-11/h6-9H,5H2,1-4H3,(H,15,17). The van der Waals surface area contributed by atoms with E-state index < -0.39 is 0 Å². The van der Waals surface area contributed by atoms with Crippen molar-refractivity contribution < 1.29 is 9.18 Å². The molecule has 3 nitrogen and oxygen atoms in total. The zero-order valence-electron chi connectivity index (χ0n) is 10.7. The molecule has 1 aromatic carbocycles. The number of urea groups is 1. The lowest BCUT2D eigenvalue weighted by molar-refractivity contribution is 0.238. The summed E-state index contributed by atoms with van der Waals surface area (Å²) in [6.07, 6.45) is 0. The van der Waals surface area contributed by atoms with Gasteiger partial charge >= 0.3 is 6.03 Å². The molecule has 0 aliphatic rings. The highest BCUT2D eigenvalue weighted by Gasteiger charge is 2.19. The molecule has 0 heterocycles. The highest BCUT2D eigenvalue weighted by atomic mass is 19.1. The van der Waals surface area contributed by atoms with Gasteiger partial charge in [0.25, 0.3) is 0 Å². The Morgan fingerprint density at radius 2 is 1.82 bits per heavy atom. The van der Waals surface area contributed by atoms with Gasteiger partial charge < -0.3 is 5.32 Å². The molecular formula is C13H19FN2O. The van der Waals surface area contributed by atoms with Crippen LogP contribution < -0.4 is 10.2 Å². The summed E-state index contributed by atoms with van der Waals surface area (Å²) in [4.78, 5) is 13.6. The molecular weight excluding hydrogens is 219 g/mol. The number of amides is 2. The molecule has 2 amide bonds. The predicted molar refractivity (Wildman–Crippen MR) is 67.7 cm³/mol. The fourth-order valence-corrected chi connectivity index (χ4v) is 1.45. The van der Waals surface area contributed by atoms with Crippen LogP contribution in [0.3, 0.4) is 0 Å². The Morgan fingerprint density at radius 3 is 2.24 bits per heavy atom. The van der Waals surface area contributed by atoms with Crippen LogP contribution in [0.5, 0.6) is 0 Å². The van der Waals surface area contributed by atoms with Crippen LogP contribution >= 0.6 is 0 Å². The summed E-state index contributed by atoms with van der Waals surface area (Å²) in [6, 6.07) is 5.72. The summed E-state index contributed by atoms with van der Waals surface area (Å²) in [5, 5.41) is 2.88. The number of rotatable bonds is 2. The van der Waals surface area contributed by atoms with Crippen LogP contribution in [0.2, 0.25) is 0 Å². The second kappa shape index (κ2) is 5.17. The maximum Gasteiger partial charge on any atom is 0.322 e. The Bertz CT molecular complexity index is 381. The van der Waals surface area contributed by atoms with Crippen LogP contribution in [-0.2, 0) is 0 Å². The van der Waals surface area contributed by atoms with Crippen LogP contribution in [-0.4, -0.2) is 18.1 Å². The third-order valence-corrected chi connectivity index (χ3v) is 2.18. The van der Waals surface area contributed by atoms with E-state index in [0.29, 0.717) is 12.2 Å². The van der Waals surface area contributed by atoms with Crippen molar-refractivity contribution in [3.05, 3.63) is 30.1 Å². The van der Waals surface area contributed by atoms with Gasteiger partial charge in [0.2, 0.25) is 0 Å². The van der Waals surface area contributed by atoms with Crippen molar-refractivity contribution >= 4 is 11.7 Å². The molecule has 0 radical (unpaired) electrons. The third-order valence-electron chi connectivity index (χ3n) is 2.18. The fraction of sp³-hybridized carbons (Fsp3) is 0.462. The molecule has 1 N–H and O–H groups in total. The quantitative estimate of drug-likeness (QED) is 0.843. The van der Waals surface area contributed by atoms with Crippen molar-refractivity contribution in [2.45, 2.75) is 33.2 Å². The molecule has 0 aliphatic carbocycles. The monoisotopic (exact) mass is 238 g/mol. The molecule has 94 valence electrons. The zero-order valence-corrected chi connectivity index (χ0v) is 10.7. The van der Waals surface area contributed by atoms with E-state index >= 15 is 0 Å². The number of nitrogens with zero attached hydrogens (tertiary/aromatic N) is 1. The maximum absolute atomic E-state index is 12.8. The number of carbonyl (C=O) groups excluding carboxylic acids is 1. The average molecular weight is 238 g/mol. The van der Waals surface area contributed by atoms with Gasteiger partial charge in [-0.25, -0.2) is 9.18 Å². The third kappa shape index (κ3) is 4.06. The topological polar surface area (TPSA) is 32.3 Å². The minimum absolute atomic E-state index is 0.174. The molecule has 0 spiro atoms. The van der Waals surface area contributed by atoms with Gasteiger partial charge in [-0.05, 0) is 52.0 Å². The number of benzene rings is 1. The lowest BCUT2D eigenvalue weighted by atomic mass is 10.1. The van der Waals surface area contributed by atoms with Crippen molar-refractivity contribution in [2.24, 2.45) is 0 Å². The van der Waals surface area contributed by atoms with Crippen molar-refractivity contribution in [1.82, 2.24) is 5.32 Å². The largest absolute Gasteiger partial charge is 0.333 e. The SMILES string of the molecule is CCN(C(=O)NC(C)(C)C)c1ccc(F)cc1. The molecule has 4 heteroatoms. The van der Waals surface area contributed by atoms with E-state index in [0.717, 1.165) is 0 Å². The molecule has 0 atom stereocenters. The lowest BCUT2D eigenvalue weighted by Crippen LogP contribution is -2.48. The van der Waals surface area contributed by atoms with Crippen LogP contribution in [0.15, 0.2) is 24.3 Å². The average Bonchev–Trinajstić information content (AvgIpc) is 2.19. The summed E-state index contributed by atoms with van der Waals surface area (Å²) in [5.74, 6) is -0.305. The van der Waals surface area contributed by atoms with Crippen molar-refractivity contribution in [3.63, 3.8) is 0 Å². The Hall–Kier alpha value is -1.58. The molecule has 0 saturated carbocycles. The Balaban J connectivity index is 2.84. The Kier molecular flexibility index (Phi) is 4.10. The van der Waals surface area contributed by atoms with Crippen LogP contribution in [0, 0.1) is 5.82 Å². The first-order valence-electron chi connectivity index (χ1n) is 5.69. The summed E-state index contributed by atoms with van der Waals surface area (Å²) < 4.78 is 12.8. The molecule has 1 rings (SSSR count). The first-order chi connectivity index (χ1) is 7.83. The van der Waals surface area contributed by atoms with Crippen LogP contribution in [0.1, 0.15) is 27.7 Å². The number of anilines is 1. The van der Waals surface area contributed by atoms with Crippen LogP contribution in [0.25, 0.3) is 0 Å². The van der Waals surface area contributed by atoms with Gasteiger partial charge in [-0.3, -0.25) is 4.90 Å². The van der Waals surface area contributed by atoms with E-state index in [1.165, 1.54) is 12.1 Å². The van der Waals surface area contributed by atoms with E-state index in [1.807, 2.05) is 27.7 Å². The van der Waals surface area contributed by atoms with Gasteiger partial charge in [-0.15, -0.1) is 0 Å². The first kappa shape index (κ1) is 13.5. The van der Waals surface area contributed by atoms with Crippen LogP contribution in [0.4, 0.5) is 14.9 Å². The summed E-state index contributed by atoms with van der Waals surface area (Å²) >= 11 is 0. The zero-order chi connectivity index (χ0) is 13.1. The molecule has 0 fully saturated rings. The maximum atomic E-state index is 12.8. The molecule has 0 unspecified atom stereocenters. The fourth-order valence-electron chi connectivity index (χ4n) is 1.45. The van der Waals surface area contributed by atoms with Gasteiger partial charge in [-0.1, -0.05) is 0 Å². The van der Waals surface area contributed by atoms with Gasteiger partial charge in [0.1, 0.15) is 5.82 Å². The number of carbonyl (C=O) groups is 1. The summed E-state index contributed by atoms with van der Waals surface area (Å²) in [7, 11) is 0. The number of hydrogen-bond acceptors (Lipinski definition) is 1. The van der Waals surface area contributed by atoms with E-state index in [4.69, 9.17) is 0 Å². The van der Waals surface area contributed by atoms with Crippen molar-refractivity contribution in [3.8, 4) is 0 Å². The second-order valence-corrected chi connectivity index (χ2v) is 4.90. The number of halogens is 1. The van der Waals surface area contributed by atoms with Gasteiger partial charge in [0.05, 0.1) is 0 Å². The molecule has 0 aliphatic heterocycles. The smallest absolute Gasteiger partial charge is 0.322 e. The van der Waals surface area contributed by atoms with Gasteiger partial charge in [-0.2, -0.15) is 0 Å². The summed E-state index contributed by atoms with van der Waals surface area (Å²) in [6.45, 7) is 8.18. The minimum Gasteiger partial charge on any atom is -0.333 e. The molecule has 0 bridgehead atoms. The molecule has 0 saturated heterocycles. The van der Waals surface area contributed by atoms with E-state index in [-0.39, 0.29) is 17.4 Å². The highest BCUT2D eigenvalue weighted by Crippen LogP contribution is 2.15. The second-order valence-electron chi connectivity index (χ2n) is 4.90. The Morgan fingerprint density at radius 1 is 1.29 bits per heavy atom. The Labute approximate surface area is 102 Å². The molecule has 17 heavy (non-hydrogen) atoms.